The number of pyridine rings is 1. The standard InChI is InChI=1S/C14H21N3O4S/c1-3-10(2)15-12-8-11(14(18)19)9-13(16-12)17-6-4-5-7-22(17,20)21/h8-10H,3-7H2,1-2H3,(H,15,16)(H,18,19)/t10-/m0/s1. The van der Waals surface area contributed by atoms with Crippen LogP contribution in [0.5, 0.6) is 0 Å². The second-order valence-corrected chi connectivity index (χ2v) is 7.47. The third-order valence-electron chi connectivity index (χ3n) is 3.67. The monoisotopic (exact) mass is 327 g/mol. The molecule has 2 heterocycles. The van der Waals surface area contributed by atoms with Gasteiger partial charge < -0.3 is 10.4 Å². The Hall–Kier alpha value is -1.83. The van der Waals surface area contributed by atoms with Crippen LogP contribution in [0, 0.1) is 0 Å². The van der Waals surface area contributed by atoms with Crippen LogP contribution in [0.1, 0.15) is 43.5 Å². The van der Waals surface area contributed by atoms with E-state index in [-0.39, 0.29) is 23.2 Å². The highest BCUT2D eigenvalue weighted by Gasteiger charge is 2.28. The summed E-state index contributed by atoms with van der Waals surface area (Å²) in [6.45, 7) is 4.28. The average Bonchev–Trinajstić information content (AvgIpc) is 2.46. The van der Waals surface area contributed by atoms with Crippen LogP contribution in [0.4, 0.5) is 11.6 Å². The Morgan fingerprint density at radius 3 is 2.77 bits per heavy atom. The minimum atomic E-state index is -3.42. The van der Waals surface area contributed by atoms with E-state index in [0.29, 0.717) is 18.8 Å². The van der Waals surface area contributed by atoms with Gasteiger partial charge in [0.2, 0.25) is 10.0 Å². The number of carboxylic acid groups (broad SMARTS) is 1. The van der Waals surface area contributed by atoms with Gasteiger partial charge in [0.15, 0.2) is 0 Å². The van der Waals surface area contributed by atoms with E-state index in [1.165, 1.54) is 16.4 Å². The van der Waals surface area contributed by atoms with Gasteiger partial charge in [0.25, 0.3) is 0 Å². The number of aromatic carboxylic acids is 1. The molecule has 2 rings (SSSR count). The molecule has 0 spiro atoms. The first-order valence-electron chi connectivity index (χ1n) is 7.36. The van der Waals surface area contributed by atoms with Gasteiger partial charge in [0, 0.05) is 12.6 Å². The van der Waals surface area contributed by atoms with E-state index in [2.05, 4.69) is 10.3 Å². The van der Waals surface area contributed by atoms with E-state index in [1.54, 1.807) is 0 Å². The van der Waals surface area contributed by atoms with Crippen LogP contribution in [-0.4, -0.2) is 42.8 Å². The zero-order chi connectivity index (χ0) is 16.3. The first kappa shape index (κ1) is 16.5. The molecule has 1 aliphatic rings. The molecule has 0 radical (unpaired) electrons. The van der Waals surface area contributed by atoms with Crippen molar-refractivity contribution in [2.45, 2.75) is 39.2 Å². The Bertz CT molecular complexity index is 660. The van der Waals surface area contributed by atoms with Crippen LogP contribution in [0.15, 0.2) is 12.1 Å². The van der Waals surface area contributed by atoms with Gasteiger partial charge in [-0.25, -0.2) is 18.2 Å². The van der Waals surface area contributed by atoms with Crippen molar-refractivity contribution in [1.29, 1.82) is 0 Å². The SMILES string of the molecule is CC[C@H](C)Nc1cc(C(=O)O)cc(N2CCCCS2(=O)=O)n1. The highest BCUT2D eigenvalue weighted by atomic mass is 32.2. The third-order valence-corrected chi connectivity index (χ3v) is 5.52. The number of anilines is 2. The highest BCUT2D eigenvalue weighted by molar-refractivity contribution is 7.92. The van der Waals surface area contributed by atoms with Crippen LogP contribution in [0.25, 0.3) is 0 Å². The molecule has 1 atom stereocenters. The van der Waals surface area contributed by atoms with Crippen molar-refractivity contribution in [2.24, 2.45) is 0 Å². The Labute approximate surface area is 130 Å². The number of sulfonamides is 1. The molecule has 1 aromatic rings. The second kappa shape index (κ2) is 6.51. The van der Waals surface area contributed by atoms with E-state index >= 15 is 0 Å². The first-order chi connectivity index (χ1) is 10.3. The molecule has 0 saturated carbocycles. The predicted molar refractivity (Wildman–Crippen MR) is 84.9 cm³/mol. The number of nitrogens with zero attached hydrogens (tertiary/aromatic N) is 2. The van der Waals surface area contributed by atoms with Crippen molar-refractivity contribution in [3.63, 3.8) is 0 Å². The van der Waals surface area contributed by atoms with E-state index in [1.807, 2.05) is 13.8 Å². The molecule has 0 aromatic carbocycles. The Morgan fingerprint density at radius 1 is 1.45 bits per heavy atom. The summed E-state index contributed by atoms with van der Waals surface area (Å²) in [7, 11) is -3.42. The number of aromatic nitrogens is 1. The lowest BCUT2D eigenvalue weighted by atomic mass is 10.2. The van der Waals surface area contributed by atoms with E-state index in [9.17, 15) is 18.3 Å². The molecule has 22 heavy (non-hydrogen) atoms. The summed E-state index contributed by atoms with van der Waals surface area (Å²) in [5.41, 5.74) is 0.0246. The molecule has 122 valence electrons. The maximum Gasteiger partial charge on any atom is 0.335 e. The van der Waals surface area contributed by atoms with E-state index in [0.717, 1.165) is 12.8 Å². The number of rotatable bonds is 5. The molecular weight excluding hydrogens is 306 g/mol. The summed E-state index contributed by atoms with van der Waals surface area (Å²) in [6.07, 6.45) is 2.21. The molecule has 2 N–H and O–H groups in total. The lowest BCUT2D eigenvalue weighted by Gasteiger charge is -2.28. The summed E-state index contributed by atoms with van der Waals surface area (Å²) in [5, 5.41) is 12.3. The highest BCUT2D eigenvalue weighted by Crippen LogP contribution is 2.25. The minimum absolute atomic E-state index is 0.0246. The fourth-order valence-electron chi connectivity index (χ4n) is 2.24. The molecule has 1 fully saturated rings. The fraction of sp³-hybridized carbons (Fsp3) is 0.571. The summed E-state index contributed by atoms with van der Waals surface area (Å²) < 4.78 is 25.6. The molecular formula is C14H21N3O4S. The summed E-state index contributed by atoms with van der Waals surface area (Å²) >= 11 is 0. The molecule has 0 amide bonds. The molecule has 0 aliphatic carbocycles. The maximum absolute atomic E-state index is 12.2. The number of hydrogen-bond donors (Lipinski definition) is 2. The van der Waals surface area contributed by atoms with Gasteiger partial charge in [-0.2, -0.15) is 0 Å². The third kappa shape index (κ3) is 3.68. The van der Waals surface area contributed by atoms with Crippen LogP contribution in [-0.2, 0) is 10.0 Å². The molecule has 8 heteroatoms. The molecule has 0 bridgehead atoms. The van der Waals surface area contributed by atoms with Crippen LogP contribution in [0.3, 0.4) is 0 Å². The Balaban J connectivity index is 2.43. The summed E-state index contributed by atoms with van der Waals surface area (Å²) in [4.78, 5) is 15.6. The van der Waals surface area contributed by atoms with Gasteiger partial charge in [-0.1, -0.05) is 6.92 Å². The fourth-order valence-corrected chi connectivity index (χ4v) is 3.82. The Kier molecular flexibility index (Phi) is 4.90. The maximum atomic E-state index is 12.2. The lowest BCUT2D eigenvalue weighted by Crippen LogP contribution is -2.38. The smallest absolute Gasteiger partial charge is 0.335 e. The van der Waals surface area contributed by atoms with Gasteiger partial charge in [0.1, 0.15) is 11.6 Å². The topological polar surface area (TPSA) is 99.6 Å². The van der Waals surface area contributed by atoms with Crippen molar-refractivity contribution in [1.82, 2.24) is 4.98 Å². The first-order valence-corrected chi connectivity index (χ1v) is 8.96. The van der Waals surface area contributed by atoms with Crippen molar-refractivity contribution in [2.75, 3.05) is 21.9 Å². The van der Waals surface area contributed by atoms with Crippen molar-refractivity contribution in [3.8, 4) is 0 Å². The Morgan fingerprint density at radius 2 is 2.18 bits per heavy atom. The van der Waals surface area contributed by atoms with Crippen molar-refractivity contribution < 1.29 is 18.3 Å². The normalized spacial score (nSPS) is 18.7. The summed E-state index contributed by atoms with van der Waals surface area (Å²) in [6, 6.07) is 2.85. The van der Waals surface area contributed by atoms with Gasteiger partial charge in [-0.15, -0.1) is 0 Å². The summed E-state index contributed by atoms with van der Waals surface area (Å²) in [5.74, 6) is -0.485. The number of carbonyl (C=O) groups is 1. The van der Waals surface area contributed by atoms with Crippen molar-refractivity contribution in [3.05, 3.63) is 17.7 Å². The molecule has 1 saturated heterocycles. The number of hydrogen-bond acceptors (Lipinski definition) is 5. The molecule has 1 aromatic heterocycles. The van der Waals surface area contributed by atoms with E-state index < -0.39 is 16.0 Å². The number of carboxylic acids is 1. The quantitative estimate of drug-likeness (QED) is 0.857. The predicted octanol–water partition coefficient (Wildman–Crippen LogP) is 1.92. The lowest BCUT2D eigenvalue weighted by molar-refractivity contribution is 0.0697. The van der Waals surface area contributed by atoms with E-state index in [4.69, 9.17) is 0 Å². The average molecular weight is 327 g/mol. The molecule has 0 unspecified atom stereocenters. The van der Waals surface area contributed by atoms with Crippen LogP contribution in [0.2, 0.25) is 0 Å². The second-order valence-electron chi connectivity index (χ2n) is 5.45. The molecule has 1 aliphatic heterocycles. The van der Waals surface area contributed by atoms with Gasteiger partial charge >= 0.3 is 5.97 Å². The zero-order valence-electron chi connectivity index (χ0n) is 12.7. The van der Waals surface area contributed by atoms with Crippen LogP contribution >= 0.6 is 0 Å². The van der Waals surface area contributed by atoms with Crippen molar-refractivity contribution >= 4 is 27.6 Å². The van der Waals surface area contributed by atoms with Gasteiger partial charge in [-0.3, -0.25) is 4.31 Å². The minimum Gasteiger partial charge on any atom is -0.478 e. The zero-order valence-corrected chi connectivity index (χ0v) is 13.6. The van der Waals surface area contributed by atoms with Gasteiger partial charge in [-0.05, 0) is 38.3 Å². The largest absolute Gasteiger partial charge is 0.478 e. The molecule has 7 nitrogen and oxygen atoms in total. The van der Waals surface area contributed by atoms with Gasteiger partial charge in [0.05, 0.1) is 11.3 Å². The van der Waals surface area contributed by atoms with Crippen LogP contribution < -0.4 is 9.62 Å². The number of nitrogens with one attached hydrogen (secondary N) is 1.